The van der Waals surface area contributed by atoms with Gasteiger partial charge in [-0.15, -0.1) is 0 Å². The minimum Gasteiger partial charge on any atom is -0.508 e. The second kappa shape index (κ2) is 4.97. The monoisotopic (exact) mass is 249 g/mol. The van der Waals surface area contributed by atoms with Gasteiger partial charge in [-0.3, -0.25) is 0 Å². The van der Waals surface area contributed by atoms with E-state index in [0.29, 0.717) is 22.8 Å². The van der Waals surface area contributed by atoms with E-state index >= 15 is 0 Å². The number of nitrogens with one attached hydrogen (secondary N) is 1. The largest absolute Gasteiger partial charge is 0.508 e. The lowest BCUT2D eigenvalue weighted by Crippen LogP contribution is -1.99. The van der Waals surface area contributed by atoms with Crippen molar-refractivity contribution in [3.8, 4) is 11.5 Å². The lowest BCUT2D eigenvalue weighted by molar-refractivity contribution is 0.468. The molecule has 0 unspecified atom stereocenters. The Balaban J connectivity index is 2.12. The summed E-state index contributed by atoms with van der Waals surface area (Å²) in [6.07, 6.45) is 0. The van der Waals surface area contributed by atoms with Crippen LogP contribution >= 0.6 is 11.6 Å². The third kappa shape index (κ3) is 2.82. The van der Waals surface area contributed by atoms with Gasteiger partial charge >= 0.3 is 0 Å². The van der Waals surface area contributed by atoms with Crippen LogP contribution in [0.4, 0.5) is 5.69 Å². The predicted octanol–water partition coefficient (Wildman–Crippen LogP) is 3.36. The topological polar surface area (TPSA) is 52.5 Å². The molecular weight excluding hydrogens is 238 g/mol. The maximum absolute atomic E-state index is 9.62. The summed E-state index contributed by atoms with van der Waals surface area (Å²) in [4.78, 5) is 0. The van der Waals surface area contributed by atoms with Gasteiger partial charge in [0.25, 0.3) is 0 Å². The van der Waals surface area contributed by atoms with Crippen molar-refractivity contribution >= 4 is 17.3 Å². The number of para-hydroxylation sites is 2. The van der Waals surface area contributed by atoms with Crippen molar-refractivity contribution in [1.29, 1.82) is 0 Å². The fourth-order valence-corrected chi connectivity index (χ4v) is 1.70. The molecule has 2 rings (SSSR count). The molecule has 0 atom stereocenters. The van der Waals surface area contributed by atoms with Gasteiger partial charge in [-0.25, -0.2) is 0 Å². The summed E-state index contributed by atoms with van der Waals surface area (Å²) in [7, 11) is 0. The first-order chi connectivity index (χ1) is 8.16. The average Bonchev–Trinajstić information content (AvgIpc) is 2.32. The fraction of sp³-hybridized carbons (Fsp3) is 0.0769. The highest BCUT2D eigenvalue weighted by Crippen LogP contribution is 2.25. The Hall–Kier alpha value is -1.87. The fourth-order valence-electron chi connectivity index (χ4n) is 1.51. The van der Waals surface area contributed by atoms with Gasteiger partial charge in [0.05, 0.1) is 5.69 Å². The molecular formula is C13H12ClNO2. The Labute approximate surface area is 104 Å². The third-order valence-corrected chi connectivity index (χ3v) is 2.65. The van der Waals surface area contributed by atoms with Crippen LogP contribution in [0.2, 0.25) is 5.02 Å². The second-order valence-corrected chi connectivity index (χ2v) is 4.08. The van der Waals surface area contributed by atoms with E-state index in [-0.39, 0.29) is 11.5 Å². The summed E-state index contributed by atoms with van der Waals surface area (Å²) in [5.74, 6) is 0.353. The summed E-state index contributed by atoms with van der Waals surface area (Å²) in [6.45, 7) is 0.393. The summed E-state index contributed by atoms with van der Waals surface area (Å²) in [6, 6.07) is 11.8. The van der Waals surface area contributed by atoms with Crippen LogP contribution in [-0.2, 0) is 6.54 Å². The molecule has 0 saturated carbocycles. The van der Waals surface area contributed by atoms with Crippen molar-refractivity contribution in [2.24, 2.45) is 0 Å². The zero-order valence-electron chi connectivity index (χ0n) is 9.02. The van der Waals surface area contributed by atoms with Gasteiger partial charge in [0.15, 0.2) is 0 Å². The molecule has 2 aromatic rings. The van der Waals surface area contributed by atoms with Gasteiger partial charge in [0.1, 0.15) is 11.5 Å². The number of hydrogen-bond donors (Lipinski definition) is 3. The lowest BCUT2D eigenvalue weighted by Gasteiger charge is -2.09. The highest BCUT2D eigenvalue weighted by Gasteiger charge is 2.03. The van der Waals surface area contributed by atoms with E-state index in [1.54, 1.807) is 36.4 Å². The quantitative estimate of drug-likeness (QED) is 0.731. The zero-order chi connectivity index (χ0) is 12.3. The Morgan fingerprint density at radius 2 is 1.76 bits per heavy atom. The van der Waals surface area contributed by atoms with Crippen molar-refractivity contribution in [3.63, 3.8) is 0 Å². The van der Waals surface area contributed by atoms with Crippen LogP contribution in [0.15, 0.2) is 42.5 Å². The maximum Gasteiger partial charge on any atom is 0.138 e. The van der Waals surface area contributed by atoms with E-state index in [4.69, 9.17) is 11.6 Å². The van der Waals surface area contributed by atoms with E-state index in [9.17, 15) is 10.2 Å². The van der Waals surface area contributed by atoms with Gasteiger partial charge in [-0.2, -0.15) is 0 Å². The van der Waals surface area contributed by atoms with Crippen molar-refractivity contribution in [2.75, 3.05) is 5.32 Å². The van der Waals surface area contributed by atoms with Crippen molar-refractivity contribution in [1.82, 2.24) is 0 Å². The van der Waals surface area contributed by atoms with Crippen LogP contribution in [-0.4, -0.2) is 10.2 Å². The van der Waals surface area contributed by atoms with Crippen molar-refractivity contribution < 1.29 is 10.2 Å². The number of anilines is 1. The minimum absolute atomic E-state index is 0.175. The molecule has 4 heteroatoms. The Bertz CT molecular complexity index is 529. The van der Waals surface area contributed by atoms with Crippen LogP contribution in [0.5, 0.6) is 11.5 Å². The molecule has 0 aromatic heterocycles. The number of phenolic OH excluding ortho intramolecular Hbond substituents is 2. The van der Waals surface area contributed by atoms with Gasteiger partial charge in [0.2, 0.25) is 0 Å². The molecule has 3 N–H and O–H groups in total. The van der Waals surface area contributed by atoms with Crippen molar-refractivity contribution in [3.05, 3.63) is 53.1 Å². The predicted molar refractivity (Wildman–Crippen MR) is 68.6 cm³/mol. The number of benzene rings is 2. The molecule has 0 saturated heterocycles. The average molecular weight is 250 g/mol. The van der Waals surface area contributed by atoms with Crippen LogP contribution in [0, 0.1) is 0 Å². The number of phenols is 2. The number of halogens is 1. The van der Waals surface area contributed by atoms with Gasteiger partial charge in [-0.05, 0) is 30.3 Å². The van der Waals surface area contributed by atoms with Crippen LogP contribution in [0.25, 0.3) is 0 Å². The summed E-state index contributed by atoms with van der Waals surface area (Å²) in [5.41, 5.74) is 1.30. The standard InChI is InChI=1S/C13H12ClNO2/c14-10-5-6-12(16)9(7-10)8-15-11-3-1-2-4-13(11)17/h1-7,15-17H,8H2. The highest BCUT2D eigenvalue weighted by molar-refractivity contribution is 6.30. The summed E-state index contributed by atoms with van der Waals surface area (Å²) >= 11 is 5.84. The Kier molecular flexibility index (Phi) is 3.40. The molecule has 0 aliphatic carbocycles. The van der Waals surface area contributed by atoms with Crippen LogP contribution in [0.1, 0.15) is 5.56 Å². The number of hydrogen-bond acceptors (Lipinski definition) is 3. The molecule has 0 fully saturated rings. The first-order valence-electron chi connectivity index (χ1n) is 5.16. The summed E-state index contributed by atoms with van der Waals surface area (Å²) < 4.78 is 0. The SMILES string of the molecule is Oc1ccc(Cl)cc1CNc1ccccc1O. The normalized spacial score (nSPS) is 10.2. The minimum atomic E-state index is 0.175. The van der Waals surface area contributed by atoms with Gasteiger partial charge < -0.3 is 15.5 Å². The van der Waals surface area contributed by atoms with E-state index in [1.807, 2.05) is 6.07 Å². The first-order valence-corrected chi connectivity index (χ1v) is 5.54. The molecule has 0 aliphatic rings. The smallest absolute Gasteiger partial charge is 0.138 e. The van der Waals surface area contributed by atoms with Gasteiger partial charge in [0, 0.05) is 17.1 Å². The number of aromatic hydroxyl groups is 2. The van der Waals surface area contributed by atoms with Crippen LogP contribution in [0.3, 0.4) is 0 Å². The molecule has 0 aliphatic heterocycles. The Morgan fingerprint density at radius 3 is 2.53 bits per heavy atom. The maximum atomic E-state index is 9.62. The Morgan fingerprint density at radius 1 is 1.00 bits per heavy atom. The molecule has 2 aromatic carbocycles. The van der Waals surface area contributed by atoms with Crippen molar-refractivity contribution in [2.45, 2.75) is 6.54 Å². The third-order valence-electron chi connectivity index (χ3n) is 2.41. The number of rotatable bonds is 3. The molecule has 0 amide bonds. The molecule has 0 bridgehead atoms. The molecule has 0 radical (unpaired) electrons. The van der Waals surface area contributed by atoms with E-state index in [1.165, 1.54) is 0 Å². The summed E-state index contributed by atoms with van der Waals surface area (Å²) in [5, 5.41) is 22.8. The van der Waals surface area contributed by atoms with E-state index < -0.39 is 0 Å². The van der Waals surface area contributed by atoms with Gasteiger partial charge in [-0.1, -0.05) is 23.7 Å². The highest BCUT2D eigenvalue weighted by atomic mass is 35.5. The van der Waals surface area contributed by atoms with E-state index in [2.05, 4.69) is 5.32 Å². The molecule has 0 spiro atoms. The zero-order valence-corrected chi connectivity index (χ0v) is 9.78. The second-order valence-electron chi connectivity index (χ2n) is 3.64. The molecule has 17 heavy (non-hydrogen) atoms. The molecule has 88 valence electrons. The molecule has 3 nitrogen and oxygen atoms in total. The van der Waals surface area contributed by atoms with E-state index in [0.717, 1.165) is 0 Å². The molecule has 0 heterocycles. The van der Waals surface area contributed by atoms with Crippen LogP contribution < -0.4 is 5.32 Å². The lowest BCUT2D eigenvalue weighted by atomic mass is 10.2. The first kappa shape index (κ1) is 11.6.